The minimum Gasteiger partial charge on any atom is -0.537 e. The van der Waals surface area contributed by atoms with Gasteiger partial charge < -0.3 is 14.6 Å². The Balaban J connectivity index is 1.55. The molecule has 0 spiro atoms. The highest BCUT2D eigenvalue weighted by Gasteiger charge is 2.18. The van der Waals surface area contributed by atoms with Gasteiger partial charge >= 0.3 is 7.69 Å². The Morgan fingerprint density at radius 2 is 1.31 bits per heavy atom. The van der Waals surface area contributed by atoms with Crippen molar-refractivity contribution in [2.45, 2.75) is 0 Å². The van der Waals surface area contributed by atoms with Gasteiger partial charge in [-0.1, -0.05) is 72.8 Å². The monoisotopic (exact) mass is 470 g/mol. The predicted octanol–water partition coefficient (Wildman–Crippen LogP) is 8.10. The Morgan fingerprint density at radius 1 is 0.629 bits per heavy atom. The molecule has 167 valence electrons. The number of hydrogen-bond acceptors (Lipinski definition) is 4. The molecule has 35 heavy (non-hydrogen) atoms. The summed E-state index contributed by atoms with van der Waals surface area (Å²) in [7, 11) is 0.701. The van der Waals surface area contributed by atoms with E-state index in [0.29, 0.717) is 13.4 Å². The lowest BCUT2D eigenvalue weighted by Gasteiger charge is -2.28. The number of nitrogens with zero attached hydrogens (tertiary/aromatic N) is 1. The Kier molecular flexibility index (Phi) is 5.71. The summed E-state index contributed by atoms with van der Waals surface area (Å²) in [6, 6.07) is 41.9. The first-order valence-corrected chi connectivity index (χ1v) is 12.2. The van der Waals surface area contributed by atoms with E-state index in [1.807, 2.05) is 41.7 Å². The fourth-order valence-corrected chi connectivity index (χ4v) is 5.69. The third-order valence-corrected chi connectivity index (χ3v) is 7.27. The predicted molar refractivity (Wildman–Crippen MR) is 148 cm³/mol. The lowest BCUT2D eigenvalue weighted by Crippen LogP contribution is -2.11. The van der Waals surface area contributed by atoms with Crippen LogP contribution in [0, 0.1) is 0 Å². The number of thiophene rings is 1. The maximum Gasteiger partial charge on any atom is 0.569 e. The zero-order valence-corrected chi connectivity index (χ0v) is 19.7. The lowest BCUT2D eigenvalue weighted by atomic mass is 10.0. The minimum atomic E-state index is 0.576. The van der Waals surface area contributed by atoms with Gasteiger partial charge in [0.25, 0.3) is 0 Å². The molecule has 5 heteroatoms. The number of hydrogen-bond donors (Lipinski definition) is 1. The summed E-state index contributed by atoms with van der Waals surface area (Å²) >= 11 is 1.81. The normalized spacial score (nSPS) is 11.0. The van der Waals surface area contributed by atoms with E-state index in [4.69, 9.17) is 9.68 Å². The quantitative estimate of drug-likeness (QED) is 0.250. The van der Waals surface area contributed by atoms with Crippen molar-refractivity contribution in [2.24, 2.45) is 0 Å². The lowest BCUT2D eigenvalue weighted by molar-refractivity contribution is 0.454. The van der Waals surface area contributed by atoms with Crippen LogP contribution in [0.4, 0.5) is 17.1 Å². The van der Waals surface area contributed by atoms with Gasteiger partial charge in [-0.2, -0.15) is 0 Å². The van der Waals surface area contributed by atoms with Crippen molar-refractivity contribution < 1.29 is 9.68 Å². The summed E-state index contributed by atoms with van der Waals surface area (Å²) < 4.78 is 7.69. The van der Waals surface area contributed by atoms with E-state index < -0.39 is 0 Å². The number of fused-ring (bicyclic) bond motifs is 3. The van der Waals surface area contributed by atoms with Crippen LogP contribution >= 0.6 is 11.3 Å². The van der Waals surface area contributed by atoms with Crippen LogP contribution in [0.15, 0.2) is 121 Å². The van der Waals surface area contributed by atoms with E-state index in [0.717, 1.165) is 28.2 Å². The van der Waals surface area contributed by atoms with Gasteiger partial charge in [0, 0.05) is 37.1 Å². The van der Waals surface area contributed by atoms with Gasteiger partial charge in [-0.3, -0.25) is 0 Å². The Labute approximate surface area is 208 Å². The largest absolute Gasteiger partial charge is 0.569 e. The molecule has 5 aromatic carbocycles. The van der Waals surface area contributed by atoms with Crippen molar-refractivity contribution in [3.05, 3.63) is 121 Å². The number of rotatable bonds is 6. The summed E-state index contributed by atoms with van der Waals surface area (Å²) in [5.41, 5.74) is 5.47. The SMILES string of the molecule is O[B]Oc1ccc(N(c2ccc3c(c2)sc2ccccc23)c2ccccc2-c2ccccc2)cc1. The van der Waals surface area contributed by atoms with Crippen LogP contribution in [0.25, 0.3) is 31.3 Å². The summed E-state index contributed by atoms with van der Waals surface area (Å²) in [5, 5.41) is 11.6. The van der Waals surface area contributed by atoms with Crippen LogP contribution in [0.1, 0.15) is 0 Å². The molecule has 1 N–H and O–H groups in total. The first kappa shape index (κ1) is 21.5. The highest BCUT2D eigenvalue weighted by molar-refractivity contribution is 7.25. The molecule has 0 saturated carbocycles. The van der Waals surface area contributed by atoms with Crippen LogP contribution < -0.4 is 9.55 Å². The van der Waals surface area contributed by atoms with Gasteiger partial charge in [-0.25, -0.2) is 0 Å². The molecule has 1 radical (unpaired) electrons. The molecule has 0 aliphatic rings. The highest BCUT2D eigenvalue weighted by atomic mass is 32.1. The second-order valence-electron chi connectivity index (χ2n) is 8.21. The molecule has 1 aromatic heterocycles. The van der Waals surface area contributed by atoms with E-state index in [2.05, 4.69) is 95.9 Å². The third-order valence-electron chi connectivity index (χ3n) is 6.13. The molecule has 0 aliphatic heterocycles. The van der Waals surface area contributed by atoms with Crippen LogP contribution in [-0.4, -0.2) is 12.7 Å². The molecule has 0 fully saturated rings. The van der Waals surface area contributed by atoms with Crippen LogP contribution in [0.5, 0.6) is 5.75 Å². The van der Waals surface area contributed by atoms with Crippen LogP contribution in [-0.2, 0) is 0 Å². The molecule has 6 rings (SSSR count). The number of benzene rings is 5. The fraction of sp³-hybridized carbons (Fsp3) is 0. The smallest absolute Gasteiger partial charge is 0.537 e. The van der Waals surface area contributed by atoms with Crippen molar-refractivity contribution in [1.82, 2.24) is 0 Å². The van der Waals surface area contributed by atoms with Crippen LogP contribution in [0.2, 0.25) is 0 Å². The Hall–Kier alpha value is -4.06. The summed E-state index contributed by atoms with van der Waals surface area (Å²) in [6.07, 6.45) is 0. The summed E-state index contributed by atoms with van der Waals surface area (Å²) in [4.78, 5) is 2.28. The first-order chi connectivity index (χ1) is 17.3. The third kappa shape index (κ3) is 4.05. The molecule has 6 aromatic rings. The van der Waals surface area contributed by atoms with Gasteiger partial charge in [0.05, 0.1) is 5.69 Å². The zero-order chi connectivity index (χ0) is 23.6. The topological polar surface area (TPSA) is 32.7 Å². The number of anilines is 3. The standard InChI is InChI=1S/C30H21BNO2S/c33-31-34-24-17-14-22(15-18-24)32(28-12-6-4-10-25(28)21-8-2-1-3-9-21)23-16-19-27-26-11-5-7-13-29(26)35-30(27)20-23/h1-20,33H. The van der Waals surface area contributed by atoms with Crippen molar-refractivity contribution in [1.29, 1.82) is 0 Å². The maximum absolute atomic E-state index is 9.02. The van der Waals surface area contributed by atoms with E-state index >= 15 is 0 Å². The van der Waals surface area contributed by atoms with Crippen molar-refractivity contribution in [2.75, 3.05) is 4.90 Å². The Morgan fingerprint density at radius 3 is 2.14 bits per heavy atom. The van der Waals surface area contributed by atoms with E-state index in [-0.39, 0.29) is 0 Å². The molecule has 0 unspecified atom stereocenters. The molecule has 0 atom stereocenters. The van der Waals surface area contributed by atoms with Gasteiger partial charge in [0.15, 0.2) is 0 Å². The first-order valence-electron chi connectivity index (χ1n) is 11.4. The second kappa shape index (κ2) is 9.30. The van der Waals surface area contributed by atoms with Crippen molar-refractivity contribution in [3.63, 3.8) is 0 Å². The van der Waals surface area contributed by atoms with Gasteiger partial charge in [-0.05, 0) is 54.1 Å². The molecular weight excluding hydrogens is 449 g/mol. The molecule has 0 amide bonds. The van der Waals surface area contributed by atoms with Gasteiger partial charge in [0.1, 0.15) is 5.75 Å². The molecule has 1 heterocycles. The molecule has 0 saturated heterocycles. The highest BCUT2D eigenvalue weighted by Crippen LogP contribution is 2.43. The fourth-order valence-electron chi connectivity index (χ4n) is 4.55. The summed E-state index contributed by atoms with van der Waals surface area (Å²) in [6.45, 7) is 0. The van der Waals surface area contributed by atoms with Gasteiger partial charge in [0.2, 0.25) is 0 Å². The summed E-state index contributed by atoms with van der Waals surface area (Å²) in [5.74, 6) is 0.576. The van der Waals surface area contributed by atoms with Crippen molar-refractivity contribution in [3.8, 4) is 16.9 Å². The zero-order valence-electron chi connectivity index (χ0n) is 18.8. The van der Waals surface area contributed by atoms with E-state index in [1.54, 1.807) is 0 Å². The molecule has 0 aliphatic carbocycles. The van der Waals surface area contributed by atoms with E-state index in [9.17, 15) is 0 Å². The average molecular weight is 470 g/mol. The van der Waals surface area contributed by atoms with Gasteiger partial charge in [-0.15, -0.1) is 11.3 Å². The minimum absolute atomic E-state index is 0.576. The Bertz CT molecular complexity index is 1610. The maximum atomic E-state index is 9.02. The number of para-hydroxylation sites is 1. The second-order valence-corrected chi connectivity index (χ2v) is 9.30. The molecule has 3 nitrogen and oxygen atoms in total. The average Bonchev–Trinajstić information content (AvgIpc) is 3.29. The molecular formula is C30H21BNO2S. The van der Waals surface area contributed by atoms with E-state index in [1.165, 1.54) is 20.2 Å². The van der Waals surface area contributed by atoms with Crippen molar-refractivity contribution >= 4 is 56.3 Å². The molecule has 0 bridgehead atoms. The van der Waals surface area contributed by atoms with Crippen LogP contribution in [0.3, 0.4) is 0 Å².